The molecule has 0 bridgehead atoms. The van der Waals surface area contributed by atoms with Crippen molar-refractivity contribution in [3.05, 3.63) is 94.5 Å². The molecule has 2 saturated heterocycles. The van der Waals surface area contributed by atoms with Crippen molar-refractivity contribution in [3.63, 3.8) is 0 Å². The lowest BCUT2D eigenvalue weighted by molar-refractivity contribution is -0.384. The van der Waals surface area contributed by atoms with Gasteiger partial charge in [0.1, 0.15) is 11.7 Å². The molecule has 2 heterocycles. The summed E-state index contributed by atoms with van der Waals surface area (Å²) in [5.74, 6) is -1.02. The predicted molar refractivity (Wildman–Crippen MR) is 123 cm³/mol. The quantitative estimate of drug-likeness (QED) is 0.311. The molecule has 0 spiro atoms. The first-order chi connectivity index (χ1) is 16.5. The Bertz CT molecular complexity index is 1230. The number of imide groups is 1. The van der Waals surface area contributed by atoms with Crippen LogP contribution in [0.25, 0.3) is 0 Å². The summed E-state index contributed by atoms with van der Waals surface area (Å²) in [4.78, 5) is 44.8. The molecule has 0 aromatic heterocycles. The fraction of sp³-hybridized carbons (Fsp3) is 0.200. The third-order valence-electron chi connectivity index (χ3n) is 5.98. The number of ether oxygens (including phenoxy) is 1. The molecule has 0 aliphatic carbocycles. The smallest absolute Gasteiger partial charge is 0.269 e. The van der Waals surface area contributed by atoms with Crippen molar-refractivity contribution in [1.82, 2.24) is 0 Å². The first kappa shape index (κ1) is 21.6. The Kier molecular flexibility index (Phi) is 5.46. The zero-order valence-corrected chi connectivity index (χ0v) is 18.2. The maximum absolute atomic E-state index is 13.6. The fourth-order valence-electron chi connectivity index (χ4n) is 4.46. The first-order valence-corrected chi connectivity index (χ1v) is 10.9. The number of non-ortho nitro benzene ring substituents is 1. The molecule has 34 heavy (non-hydrogen) atoms. The Morgan fingerprint density at radius 3 is 2.21 bits per heavy atom. The second kappa shape index (κ2) is 8.60. The normalized spacial score (nSPS) is 21.6. The van der Waals surface area contributed by atoms with E-state index < -0.39 is 28.9 Å². The Morgan fingerprint density at radius 2 is 1.59 bits per heavy atom. The van der Waals surface area contributed by atoms with Gasteiger partial charge in [-0.15, -0.1) is 0 Å². The van der Waals surface area contributed by atoms with E-state index in [9.17, 15) is 19.7 Å². The zero-order chi connectivity index (χ0) is 23.8. The molecule has 5 rings (SSSR count). The van der Waals surface area contributed by atoms with Crippen molar-refractivity contribution >= 4 is 28.9 Å². The van der Waals surface area contributed by atoms with E-state index in [1.54, 1.807) is 41.5 Å². The Morgan fingerprint density at radius 1 is 0.912 bits per heavy atom. The fourth-order valence-corrected chi connectivity index (χ4v) is 4.46. The van der Waals surface area contributed by atoms with Gasteiger partial charge in [-0.3, -0.25) is 24.5 Å². The number of amides is 2. The number of carbonyl (C=O) groups is 2. The summed E-state index contributed by atoms with van der Waals surface area (Å²) in [5, 5.41) is 12.7. The minimum atomic E-state index is -1.01. The van der Waals surface area contributed by atoms with Crippen molar-refractivity contribution in [2.24, 2.45) is 5.92 Å². The number of carbonyl (C=O) groups excluding carboxylic acids is 2. The van der Waals surface area contributed by atoms with Gasteiger partial charge in [-0.1, -0.05) is 30.3 Å². The molecule has 3 aromatic rings. The summed E-state index contributed by atoms with van der Waals surface area (Å²) >= 11 is 0. The van der Waals surface area contributed by atoms with E-state index in [2.05, 4.69) is 0 Å². The highest BCUT2D eigenvalue weighted by molar-refractivity contribution is 6.23. The number of para-hydroxylation sites is 1. The molecular weight excluding hydrogens is 438 g/mol. The molecule has 2 aliphatic heterocycles. The van der Waals surface area contributed by atoms with Crippen molar-refractivity contribution < 1.29 is 24.1 Å². The molecule has 3 atom stereocenters. The summed E-state index contributed by atoms with van der Waals surface area (Å²) in [7, 11) is 0. The lowest BCUT2D eigenvalue weighted by Crippen LogP contribution is -2.37. The second-order valence-electron chi connectivity index (χ2n) is 7.95. The van der Waals surface area contributed by atoms with Gasteiger partial charge in [0.2, 0.25) is 5.91 Å². The average Bonchev–Trinajstić information content (AvgIpc) is 3.36. The summed E-state index contributed by atoms with van der Waals surface area (Å²) in [6, 6.07) is 21.2. The number of hydrogen-bond acceptors (Lipinski definition) is 7. The van der Waals surface area contributed by atoms with Crippen LogP contribution in [0.3, 0.4) is 0 Å². The van der Waals surface area contributed by atoms with E-state index in [1.807, 2.05) is 37.3 Å². The van der Waals surface area contributed by atoms with Gasteiger partial charge in [-0.05, 0) is 48.9 Å². The monoisotopic (exact) mass is 459 g/mol. The number of fused-ring (bicyclic) bond motifs is 1. The summed E-state index contributed by atoms with van der Waals surface area (Å²) in [6.07, 6.45) is -1.01. The molecule has 9 heteroatoms. The second-order valence-corrected chi connectivity index (χ2v) is 7.95. The number of rotatable bonds is 6. The molecule has 2 aliphatic rings. The molecule has 0 N–H and O–H groups in total. The highest BCUT2D eigenvalue weighted by Gasteiger charge is 2.60. The Labute approximate surface area is 195 Å². The maximum atomic E-state index is 13.6. The zero-order valence-electron chi connectivity index (χ0n) is 18.2. The van der Waals surface area contributed by atoms with Crippen LogP contribution in [0.15, 0.2) is 78.9 Å². The predicted octanol–water partition coefficient (Wildman–Crippen LogP) is 4.04. The lowest BCUT2D eigenvalue weighted by atomic mass is 9.90. The Hall–Kier alpha value is -4.24. The number of anilines is 2. The minimum absolute atomic E-state index is 0.0599. The third-order valence-corrected chi connectivity index (χ3v) is 5.98. The van der Waals surface area contributed by atoms with Gasteiger partial charge >= 0.3 is 0 Å². The molecule has 0 radical (unpaired) electrons. The van der Waals surface area contributed by atoms with Crippen LogP contribution in [-0.4, -0.2) is 29.4 Å². The Balaban J connectivity index is 1.53. The van der Waals surface area contributed by atoms with Gasteiger partial charge in [0.25, 0.3) is 11.6 Å². The van der Waals surface area contributed by atoms with Crippen LogP contribution >= 0.6 is 0 Å². The van der Waals surface area contributed by atoms with Crippen LogP contribution in [-0.2, 0) is 14.4 Å². The highest BCUT2D eigenvalue weighted by atomic mass is 16.7. The molecule has 0 unspecified atom stereocenters. The SMILES string of the molecule is CCOc1ccc(N2C(=O)[C@@H]3[C@H](ON(c4ccccc4)[C@@H]3c3ccc([N+](=O)[O-])cc3)C2=O)cc1. The molecule has 9 nitrogen and oxygen atoms in total. The molecule has 0 saturated carbocycles. The average molecular weight is 459 g/mol. The van der Waals surface area contributed by atoms with Crippen molar-refractivity contribution in [2.45, 2.75) is 19.1 Å². The summed E-state index contributed by atoms with van der Waals surface area (Å²) < 4.78 is 5.45. The topological polar surface area (TPSA) is 102 Å². The third kappa shape index (κ3) is 3.56. The molecule has 2 fully saturated rings. The van der Waals surface area contributed by atoms with Gasteiger partial charge in [-0.25, -0.2) is 9.96 Å². The van der Waals surface area contributed by atoms with Gasteiger partial charge < -0.3 is 4.74 Å². The van der Waals surface area contributed by atoms with Crippen molar-refractivity contribution in [3.8, 4) is 5.75 Å². The summed E-state index contributed by atoms with van der Waals surface area (Å²) in [6.45, 7) is 2.38. The van der Waals surface area contributed by atoms with Gasteiger partial charge in [0.05, 0.1) is 28.9 Å². The van der Waals surface area contributed by atoms with Crippen LogP contribution in [0.4, 0.5) is 17.1 Å². The van der Waals surface area contributed by atoms with Crippen LogP contribution in [0.1, 0.15) is 18.5 Å². The molecular formula is C25H21N3O6. The van der Waals surface area contributed by atoms with Crippen molar-refractivity contribution in [1.29, 1.82) is 0 Å². The van der Waals surface area contributed by atoms with Crippen molar-refractivity contribution in [2.75, 3.05) is 16.6 Å². The number of hydroxylamine groups is 1. The van der Waals surface area contributed by atoms with E-state index in [4.69, 9.17) is 9.57 Å². The van der Waals surface area contributed by atoms with E-state index >= 15 is 0 Å². The molecule has 2 amide bonds. The number of hydrogen-bond donors (Lipinski definition) is 0. The highest BCUT2D eigenvalue weighted by Crippen LogP contribution is 2.47. The molecule has 3 aromatic carbocycles. The summed E-state index contributed by atoms with van der Waals surface area (Å²) in [5.41, 5.74) is 1.69. The van der Waals surface area contributed by atoms with Crippen LogP contribution in [0, 0.1) is 16.0 Å². The standard InChI is InChI=1S/C25H21N3O6/c1-2-33-20-14-12-17(13-15-20)26-24(29)21-22(16-8-10-19(11-9-16)28(31)32)27(34-23(21)25(26)30)18-6-4-3-5-7-18/h3-15,21-23H,2H2,1H3/t21-,22+,23-/m0/s1. The van der Waals surface area contributed by atoms with Gasteiger partial charge in [-0.2, -0.15) is 0 Å². The maximum Gasteiger partial charge on any atom is 0.269 e. The largest absolute Gasteiger partial charge is 0.494 e. The lowest BCUT2D eigenvalue weighted by Gasteiger charge is -2.28. The number of benzene rings is 3. The number of nitro benzene ring substituents is 1. The minimum Gasteiger partial charge on any atom is -0.494 e. The van der Waals surface area contributed by atoms with Crippen LogP contribution < -0.4 is 14.7 Å². The van der Waals surface area contributed by atoms with E-state index in [0.717, 1.165) is 4.90 Å². The van der Waals surface area contributed by atoms with Crippen LogP contribution in [0.2, 0.25) is 0 Å². The number of nitrogens with zero attached hydrogens (tertiary/aromatic N) is 3. The van der Waals surface area contributed by atoms with Crippen LogP contribution in [0.5, 0.6) is 5.75 Å². The van der Waals surface area contributed by atoms with Gasteiger partial charge in [0.15, 0.2) is 6.10 Å². The van der Waals surface area contributed by atoms with Gasteiger partial charge in [0, 0.05) is 12.1 Å². The van der Waals surface area contributed by atoms with E-state index in [-0.39, 0.29) is 11.6 Å². The first-order valence-electron chi connectivity index (χ1n) is 10.9. The van der Waals surface area contributed by atoms with E-state index in [1.165, 1.54) is 12.1 Å². The number of nitro groups is 1. The molecule has 172 valence electrons. The van der Waals surface area contributed by atoms with E-state index in [0.29, 0.717) is 29.3 Å².